The summed E-state index contributed by atoms with van der Waals surface area (Å²) in [5.41, 5.74) is 2.04. The maximum absolute atomic E-state index is 5.77. The van der Waals surface area contributed by atoms with Gasteiger partial charge in [0.1, 0.15) is 12.9 Å². The first-order chi connectivity index (χ1) is 8.90. The number of para-hydroxylation sites is 1. The summed E-state index contributed by atoms with van der Waals surface area (Å²) in [6.45, 7) is 4.59. The first-order valence-corrected chi connectivity index (χ1v) is 6.28. The highest BCUT2D eigenvalue weighted by Crippen LogP contribution is 2.37. The van der Waals surface area contributed by atoms with Crippen molar-refractivity contribution in [1.29, 1.82) is 0 Å². The molecule has 1 aliphatic rings. The van der Waals surface area contributed by atoms with E-state index in [-0.39, 0.29) is 0 Å². The number of rotatable bonds is 3. The molecule has 1 aromatic heterocycles. The molecule has 0 aliphatic carbocycles. The molecule has 1 aromatic carbocycles. The van der Waals surface area contributed by atoms with Crippen molar-refractivity contribution in [2.75, 3.05) is 18.5 Å². The minimum absolute atomic E-state index is 0.686. The number of ether oxygens (including phenoxy) is 1. The van der Waals surface area contributed by atoms with E-state index in [2.05, 4.69) is 27.0 Å². The molecule has 0 amide bonds. The van der Waals surface area contributed by atoms with E-state index in [9.17, 15) is 0 Å². The van der Waals surface area contributed by atoms with Crippen LogP contribution >= 0.6 is 0 Å². The van der Waals surface area contributed by atoms with Crippen LogP contribution in [0.4, 0.5) is 5.69 Å². The van der Waals surface area contributed by atoms with Crippen molar-refractivity contribution in [2.24, 2.45) is 0 Å². The minimum atomic E-state index is 0.686. The van der Waals surface area contributed by atoms with Crippen molar-refractivity contribution in [3.63, 3.8) is 0 Å². The molecule has 0 saturated carbocycles. The highest BCUT2D eigenvalue weighted by Gasteiger charge is 2.18. The van der Waals surface area contributed by atoms with Crippen LogP contribution in [0.3, 0.4) is 0 Å². The molecule has 2 aromatic rings. The fraction of sp³-hybridized carbons (Fsp3) is 0.385. The lowest BCUT2D eigenvalue weighted by Gasteiger charge is -2.21. The van der Waals surface area contributed by atoms with Gasteiger partial charge in [0.15, 0.2) is 11.6 Å². The monoisotopic (exact) mass is 244 g/mol. The fourth-order valence-electron chi connectivity index (χ4n) is 2.21. The van der Waals surface area contributed by atoms with Crippen LogP contribution in [0.2, 0.25) is 0 Å². The summed E-state index contributed by atoms with van der Waals surface area (Å²) in [7, 11) is 0. The van der Waals surface area contributed by atoms with Crippen molar-refractivity contribution < 1.29 is 4.74 Å². The quantitative estimate of drug-likeness (QED) is 0.899. The highest BCUT2D eigenvalue weighted by molar-refractivity contribution is 5.75. The van der Waals surface area contributed by atoms with Crippen molar-refractivity contribution in [3.05, 3.63) is 24.5 Å². The number of aromatic nitrogens is 3. The third kappa shape index (κ3) is 1.81. The van der Waals surface area contributed by atoms with E-state index in [0.29, 0.717) is 6.61 Å². The Balaban J connectivity index is 2.08. The van der Waals surface area contributed by atoms with E-state index in [0.717, 1.165) is 42.3 Å². The van der Waals surface area contributed by atoms with E-state index < -0.39 is 0 Å². The number of aryl methyl sites for hydroxylation is 1. The van der Waals surface area contributed by atoms with Crippen molar-refractivity contribution in [2.45, 2.75) is 19.9 Å². The number of fused-ring (bicyclic) bond motifs is 1. The average molecular weight is 244 g/mol. The molecule has 5 nitrogen and oxygen atoms in total. The summed E-state index contributed by atoms with van der Waals surface area (Å²) in [6, 6.07) is 6.07. The highest BCUT2D eigenvalue weighted by atomic mass is 16.5. The second-order valence-corrected chi connectivity index (χ2v) is 4.31. The summed E-state index contributed by atoms with van der Waals surface area (Å²) in [4.78, 5) is 0. The maximum atomic E-state index is 5.77. The molecule has 0 fully saturated rings. The van der Waals surface area contributed by atoms with E-state index in [1.807, 2.05) is 18.2 Å². The molecule has 0 unspecified atom stereocenters. The summed E-state index contributed by atoms with van der Waals surface area (Å²) in [6.07, 6.45) is 2.83. The first-order valence-electron chi connectivity index (χ1n) is 6.28. The summed E-state index contributed by atoms with van der Waals surface area (Å²) >= 11 is 0. The van der Waals surface area contributed by atoms with Gasteiger partial charge in [0.05, 0.1) is 11.3 Å². The molecule has 18 heavy (non-hydrogen) atoms. The molecule has 0 radical (unpaired) electrons. The van der Waals surface area contributed by atoms with Crippen LogP contribution in [0.1, 0.15) is 13.3 Å². The van der Waals surface area contributed by atoms with Crippen LogP contribution in [0.15, 0.2) is 24.5 Å². The van der Waals surface area contributed by atoms with Gasteiger partial charge in [-0.25, -0.2) is 0 Å². The lowest BCUT2D eigenvalue weighted by atomic mass is 10.1. The zero-order valence-corrected chi connectivity index (χ0v) is 10.4. The zero-order chi connectivity index (χ0) is 12.4. The summed E-state index contributed by atoms with van der Waals surface area (Å²) in [5.74, 6) is 1.76. The first kappa shape index (κ1) is 11.1. The number of hydrogen-bond acceptors (Lipinski definition) is 4. The zero-order valence-electron chi connectivity index (χ0n) is 10.4. The molecule has 0 atom stereocenters. The Hall–Kier alpha value is -2.04. The standard InChI is InChI=1S/C13H16N4O/c1-2-7-17-9-15-16-13(17)10-4-3-5-11-12(10)18-8-6-14-11/h3-5,9,14H,2,6-8H2,1H3. The molecule has 1 aliphatic heterocycles. The van der Waals surface area contributed by atoms with Gasteiger partial charge in [-0.05, 0) is 18.6 Å². The molecule has 0 bridgehead atoms. The van der Waals surface area contributed by atoms with Crippen LogP contribution in [0.25, 0.3) is 11.4 Å². The molecule has 94 valence electrons. The maximum Gasteiger partial charge on any atom is 0.167 e. The van der Waals surface area contributed by atoms with Crippen LogP contribution < -0.4 is 10.1 Å². The number of nitrogens with one attached hydrogen (secondary N) is 1. The van der Waals surface area contributed by atoms with Crippen LogP contribution in [-0.2, 0) is 6.54 Å². The fourth-order valence-corrected chi connectivity index (χ4v) is 2.21. The van der Waals surface area contributed by atoms with E-state index >= 15 is 0 Å². The Bertz CT molecular complexity index is 550. The number of hydrogen-bond donors (Lipinski definition) is 1. The molecule has 5 heteroatoms. The third-order valence-electron chi connectivity index (χ3n) is 3.00. The summed E-state index contributed by atoms with van der Waals surface area (Å²) in [5, 5.41) is 11.6. The van der Waals surface area contributed by atoms with Gasteiger partial charge in [0, 0.05) is 13.1 Å². The normalized spacial score (nSPS) is 13.6. The number of anilines is 1. The molecule has 3 rings (SSSR count). The SMILES string of the molecule is CCCn1cnnc1-c1cccc2c1OCCN2. The Morgan fingerprint density at radius 3 is 3.28 bits per heavy atom. The Morgan fingerprint density at radius 2 is 2.39 bits per heavy atom. The van der Waals surface area contributed by atoms with Gasteiger partial charge >= 0.3 is 0 Å². The number of benzene rings is 1. The third-order valence-corrected chi connectivity index (χ3v) is 3.00. The predicted octanol–water partition coefficient (Wildman–Crippen LogP) is 2.16. The van der Waals surface area contributed by atoms with Crippen molar-refractivity contribution in [3.8, 4) is 17.1 Å². The molecular weight excluding hydrogens is 228 g/mol. The number of nitrogens with zero attached hydrogens (tertiary/aromatic N) is 3. The van der Waals surface area contributed by atoms with Gasteiger partial charge in [-0.1, -0.05) is 13.0 Å². The summed E-state index contributed by atoms with van der Waals surface area (Å²) < 4.78 is 7.83. The Morgan fingerprint density at radius 1 is 1.44 bits per heavy atom. The molecular formula is C13H16N4O. The average Bonchev–Trinajstić information content (AvgIpc) is 2.87. The molecule has 0 saturated heterocycles. The van der Waals surface area contributed by atoms with Gasteiger partial charge < -0.3 is 14.6 Å². The molecule has 1 N–H and O–H groups in total. The van der Waals surface area contributed by atoms with Gasteiger partial charge in [0.25, 0.3) is 0 Å². The second kappa shape index (κ2) is 4.68. The van der Waals surface area contributed by atoms with Gasteiger partial charge in [-0.3, -0.25) is 0 Å². The molecule has 2 heterocycles. The van der Waals surface area contributed by atoms with E-state index in [1.54, 1.807) is 6.33 Å². The van der Waals surface area contributed by atoms with Crippen molar-refractivity contribution in [1.82, 2.24) is 14.8 Å². The predicted molar refractivity (Wildman–Crippen MR) is 69.7 cm³/mol. The minimum Gasteiger partial charge on any atom is -0.489 e. The Labute approximate surface area is 106 Å². The van der Waals surface area contributed by atoms with Crippen LogP contribution in [-0.4, -0.2) is 27.9 Å². The van der Waals surface area contributed by atoms with Gasteiger partial charge in [0.2, 0.25) is 0 Å². The lowest BCUT2D eigenvalue weighted by Crippen LogP contribution is -2.18. The second-order valence-electron chi connectivity index (χ2n) is 4.31. The van der Waals surface area contributed by atoms with E-state index in [1.165, 1.54) is 0 Å². The van der Waals surface area contributed by atoms with Crippen LogP contribution in [0.5, 0.6) is 5.75 Å². The van der Waals surface area contributed by atoms with Gasteiger partial charge in [-0.2, -0.15) is 0 Å². The van der Waals surface area contributed by atoms with Gasteiger partial charge in [-0.15, -0.1) is 10.2 Å². The topological polar surface area (TPSA) is 52.0 Å². The Kier molecular flexibility index (Phi) is 2.88. The smallest absolute Gasteiger partial charge is 0.167 e. The molecule has 0 spiro atoms. The van der Waals surface area contributed by atoms with E-state index in [4.69, 9.17) is 4.74 Å². The largest absolute Gasteiger partial charge is 0.489 e. The van der Waals surface area contributed by atoms with Crippen LogP contribution in [0, 0.1) is 0 Å². The lowest BCUT2D eigenvalue weighted by molar-refractivity contribution is 0.324. The van der Waals surface area contributed by atoms with Crippen molar-refractivity contribution >= 4 is 5.69 Å².